The van der Waals surface area contributed by atoms with E-state index in [2.05, 4.69) is 17.2 Å². The summed E-state index contributed by atoms with van der Waals surface area (Å²) in [5.41, 5.74) is 3.74. The van der Waals surface area contributed by atoms with Crippen molar-refractivity contribution in [3.8, 4) is 11.8 Å². The number of carbonyl (C=O) groups is 1. The molecule has 1 heterocycles. The lowest BCUT2D eigenvalue weighted by Crippen LogP contribution is -2.10. The van der Waals surface area contributed by atoms with Gasteiger partial charge in [0, 0.05) is 17.5 Å². The second-order valence-electron chi connectivity index (χ2n) is 4.73. The zero-order valence-corrected chi connectivity index (χ0v) is 12.9. The minimum atomic E-state index is -0.135. The Bertz CT molecular complexity index is 707. The third-order valence-electron chi connectivity index (χ3n) is 3.07. The lowest BCUT2D eigenvalue weighted by Gasteiger charge is -2.06. The van der Waals surface area contributed by atoms with Crippen molar-refractivity contribution in [3.63, 3.8) is 0 Å². The van der Waals surface area contributed by atoms with E-state index in [1.807, 2.05) is 32.0 Å². The summed E-state index contributed by atoms with van der Waals surface area (Å²) in [4.78, 5) is 13.0. The van der Waals surface area contributed by atoms with Crippen LogP contribution in [0.5, 0.6) is 0 Å². The topological polar surface area (TPSA) is 49.3 Å². The summed E-state index contributed by atoms with van der Waals surface area (Å²) >= 11 is 1.43. The highest BCUT2D eigenvalue weighted by molar-refractivity contribution is 7.10. The number of aliphatic hydroxyl groups is 1. The Morgan fingerprint density at radius 1 is 1.29 bits per heavy atom. The quantitative estimate of drug-likeness (QED) is 0.854. The molecule has 2 N–H and O–H groups in total. The van der Waals surface area contributed by atoms with Gasteiger partial charge in [-0.1, -0.05) is 17.9 Å². The normalized spacial score (nSPS) is 9.86. The average Bonchev–Trinajstić information content (AvgIpc) is 2.92. The van der Waals surface area contributed by atoms with Crippen LogP contribution in [0.2, 0.25) is 0 Å². The molecule has 0 saturated heterocycles. The summed E-state index contributed by atoms with van der Waals surface area (Å²) in [6.07, 6.45) is 0.447. The number of carbonyl (C=O) groups excluding carboxylic acids is 1. The van der Waals surface area contributed by atoms with E-state index < -0.39 is 0 Å². The Hall–Kier alpha value is -2.09. The van der Waals surface area contributed by atoms with E-state index in [1.165, 1.54) is 16.9 Å². The molecule has 2 rings (SSSR count). The van der Waals surface area contributed by atoms with Crippen molar-refractivity contribution in [3.05, 3.63) is 51.2 Å². The summed E-state index contributed by atoms with van der Waals surface area (Å²) in [5, 5.41) is 13.4. The van der Waals surface area contributed by atoms with Crippen LogP contribution in [0, 0.1) is 25.7 Å². The summed E-state index contributed by atoms with van der Waals surface area (Å²) in [6, 6.07) is 7.62. The predicted molar refractivity (Wildman–Crippen MR) is 86.8 cm³/mol. The van der Waals surface area contributed by atoms with Gasteiger partial charge in [0.1, 0.15) is 0 Å². The van der Waals surface area contributed by atoms with Gasteiger partial charge in [0.2, 0.25) is 0 Å². The molecule has 108 valence electrons. The smallest absolute Gasteiger partial charge is 0.256 e. The minimum Gasteiger partial charge on any atom is -0.395 e. The number of hydrogen-bond acceptors (Lipinski definition) is 3. The zero-order chi connectivity index (χ0) is 15.2. The van der Waals surface area contributed by atoms with Gasteiger partial charge in [0.15, 0.2) is 0 Å². The molecule has 4 heteroatoms. The van der Waals surface area contributed by atoms with Crippen molar-refractivity contribution in [1.82, 2.24) is 0 Å². The molecule has 0 fully saturated rings. The lowest BCUT2D eigenvalue weighted by molar-refractivity contribution is 0.102. The highest BCUT2D eigenvalue weighted by Gasteiger charge is 2.08. The number of nitrogens with one attached hydrogen (secondary N) is 1. The highest BCUT2D eigenvalue weighted by atomic mass is 32.1. The Morgan fingerprint density at radius 3 is 2.81 bits per heavy atom. The monoisotopic (exact) mass is 299 g/mol. The first-order valence-electron chi connectivity index (χ1n) is 6.67. The van der Waals surface area contributed by atoms with E-state index in [0.717, 1.165) is 16.1 Å². The zero-order valence-electron chi connectivity index (χ0n) is 12.1. The van der Waals surface area contributed by atoms with E-state index in [-0.39, 0.29) is 12.5 Å². The van der Waals surface area contributed by atoms with Gasteiger partial charge in [0.25, 0.3) is 5.91 Å². The van der Waals surface area contributed by atoms with E-state index in [0.29, 0.717) is 12.0 Å². The molecule has 0 atom stereocenters. The predicted octanol–water partition coefficient (Wildman–Crippen LogP) is 3.35. The summed E-state index contributed by atoms with van der Waals surface area (Å²) in [7, 11) is 0. The maximum absolute atomic E-state index is 12.2. The van der Waals surface area contributed by atoms with Crippen LogP contribution in [-0.4, -0.2) is 17.6 Å². The van der Waals surface area contributed by atoms with Crippen molar-refractivity contribution in [2.75, 3.05) is 11.9 Å². The Kier molecular flexibility index (Phi) is 5.15. The molecule has 21 heavy (non-hydrogen) atoms. The first-order valence-corrected chi connectivity index (χ1v) is 7.55. The van der Waals surface area contributed by atoms with E-state index in [1.54, 1.807) is 11.4 Å². The standard InChI is InChI=1S/C17H17NO2S/c1-12-6-7-15(9-13(12)2)18-17(20)14-10-16(21-11-14)5-3-4-8-19/h6-7,9-11,19H,4,8H2,1-2H3,(H,18,20). The number of amides is 1. The van der Waals surface area contributed by atoms with Gasteiger partial charge in [-0.3, -0.25) is 4.79 Å². The van der Waals surface area contributed by atoms with Gasteiger partial charge >= 0.3 is 0 Å². The van der Waals surface area contributed by atoms with Crippen LogP contribution in [0.25, 0.3) is 0 Å². The summed E-state index contributed by atoms with van der Waals surface area (Å²) in [5.74, 6) is 5.64. The number of thiophene rings is 1. The number of aryl methyl sites for hydroxylation is 2. The van der Waals surface area contributed by atoms with E-state index in [4.69, 9.17) is 5.11 Å². The molecular weight excluding hydrogens is 282 g/mol. The first-order chi connectivity index (χ1) is 10.1. The molecule has 0 aliphatic rings. The second kappa shape index (κ2) is 7.07. The highest BCUT2D eigenvalue weighted by Crippen LogP contribution is 2.18. The molecule has 0 saturated carbocycles. The molecular formula is C17H17NO2S. The Morgan fingerprint density at radius 2 is 2.10 bits per heavy atom. The molecule has 3 nitrogen and oxygen atoms in total. The molecule has 0 bridgehead atoms. The van der Waals surface area contributed by atoms with Crippen molar-refractivity contribution >= 4 is 22.9 Å². The molecule has 0 radical (unpaired) electrons. The molecule has 1 aromatic heterocycles. The van der Waals surface area contributed by atoms with Gasteiger partial charge in [0.05, 0.1) is 17.0 Å². The largest absolute Gasteiger partial charge is 0.395 e. The van der Waals surface area contributed by atoms with Gasteiger partial charge in [-0.15, -0.1) is 11.3 Å². The van der Waals surface area contributed by atoms with Crippen LogP contribution in [0.4, 0.5) is 5.69 Å². The van der Waals surface area contributed by atoms with Crippen molar-refractivity contribution in [2.24, 2.45) is 0 Å². The van der Waals surface area contributed by atoms with Gasteiger partial charge in [-0.05, 0) is 43.2 Å². The number of aliphatic hydroxyl groups excluding tert-OH is 1. The summed E-state index contributed by atoms with van der Waals surface area (Å²) < 4.78 is 0. The van der Waals surface area contributed by atoms with Crippen LogP contribution in [0.1, 0.15) is 32.8 Å². The van der Waals surface area contributed by atoms with Crippen molar-refractivity contribution in [2.45, 2.75) is 20.3 Å². The van der Waals surface area contributed by atoms with Crippen LogP contribution in [-0.2, 0) is 0 Å². The third-order valence-corrected chi connectivity index (χ3v) is 3.92. The molecule has 2 aromatic rings. The average molecular weight is 299 g/mol. The van der Waals surface area contributed by atoms with E-state index >= 15 is 0 Å². The van der Waals surface area contributed by atoms with Crippen LogP contribution >= 0.6 is 11.3 Å². The van der Waals surface area contributed by atoms with E-state index in [9.17, 15) is 4.79 Å². The fraction of sp³-hybridized carbons (Fsp3) is 0.235. The van der Waals surface area contributed by atoms with Crippen LogP contribution in [0.3, 0.4) is 0 Å². The maximum Gasteiger partial charge on any atom is 0.256 e. The van der Waals surface area contributed by atoms with Crippen LogP contribution < -0.4 is 5.32 Å². The van der Waals surface area contributed by atoms with Crippen LogP contribution in [0.15, 0.2) is 29.6 Å². The SMILES string of the molecule is Cc1ccc(NC(=O)c2csc(C#CCCO)c2)cc1C. The molecule has 1 amide bonds. The fourth-order valence-corrected chi connectivity index (χ4v) is 2.50. The first kappa shape index (κ1) is 15.3. The maximum atomic E-state index is 12.2. The Labute approximate surface area is 128 Å². The molecule has 0 aliphatic heterocycles. The molecule has 0 unspecified atom stereocenters. The number of rotatable bonds is 3. The van der Waals surface area contributed by atoms with Crippen molar-refractivity contribution < 1.29 is 9.90 Å². The minimum absolute atomic E-state index is 0.0541. The fourth-order valence-electron chi connectivity index (χ4n) is 1.75. The van der Waals surface area contributed by atoms with Crippen molar-refractivity contribution in [1.29, 1.82) is 0 Å². The second-order valence-corrected chi connectivity index (χ2v) is 5.64. The lowest BCUT2D eigenvalue weighted by atomic mass is 10.1. The molecule has 0 aliphatic carbocycles. The molecule has 1 aromatic carbocycles. The number of hydrogen-bond donors (Lipinski definition) is 2. The third kappa shape index (κ3) is 4.19. The number of benzene rings is 1. The number of anilines is 1. The Balaban J connectivity index is 2.07. The van der Waals surface area contributed by atoms with Gasteiger partial charge in [-0.25, -0.2) is 0 Å². The van der Waals surface area contributed by atoms with Gasteiger partial charge < -0.3 is 10.4 Å². The molecule has 0 spiro atoms. The van der Waals surface area contributed by atoms with Gasteiger partial charge in [-0.2, -0.15) is 0 Å². The summed E-state index contributed by atoms with van der Waals surface area (Å²) in [6.45, 7) is 4.11.